The van der Waals surface area contributed by atoms with Gasteiger partial charge in [-0.1, -0.05) is 0 Å². The lowest BCUT2D eigenvalue weighted by molar-refractivity contribution is -0.383. The first-order valence-electron chi connectivity index (χ1n) is 4.56. The summed E-state index contributed by atoms with van der Waals surface area (Å²) in [5.74, 6) is -1.56. The number of carbonyl (C=O) groups is 1. The molecule has 0 unspecified atom stereocenters. The Bertz CT molecular complexity index is 669. The summed E-state index contributed by atoms with van der Waals surface area (Å²) in [5.41, 5.74) is -8.34. The second-order valence-electron chi connectivity index (χ2n) is 3.35. The monoisotopic (exact) mass is 314 g/mol. The Kier molecular flexibility index (Phi) is 3.89. The number of carboxylic acid groups (broad SMARTS) is 1. The van der Waals surface area contributed by atoms with E-state index in [0.717, 1.165) is 10.8 Å². The van der Waals surface area contributed by atoms with E-state index in [0.29, 0.717) is 12.1 Å². The standard InChI is InChI=1S/C8H5F3N2O6S/c9-8(10,11)20(18,19)12-5-2-1-4(7(14)15)3-6(5)13(16)17/h1-3,12H,(H,14,15). The van der Waals surface area contributed by atoms with Crippen LogP contribution in [-0.4, -0.2) is 29.9 Å². The molecule has 0 amide bonds. The SMILES string of the molecule is O=C(O)c1ccc(NS(=O)(=O)C(F)(F)F)c([N+](=O)[O-])c1. The second kappa shape index (κ2) is 4.96. The van der Waals surface area contributed by atoms with Crippen molar-refractivity contribution < 1.29 is 36.4 Å². The molecule has 0 heterocycles. The highest BCUT2D eigenvalue weighted by Crippen LogP contribution is 2.31. The number of sulfonamides is 1. The van der Waals surface area contributed by atoms with Crippen LogP contribution in [0.2, 0.25) is 0 Å². The maximum Gasteiger partial charge on any atom is 0.516 e. The predicted molar refractivity (Wildman–Crippen MR) is 58.7 cm³/mol. The van der Waals surface area contributed by atoms with Gasteiger partial charge in [-0.25, -0.2) is 4.79 Å². The Labute approximate surface area is 109 Å². The van der Waals surface area contributed by atoms with Gasteiger partial charge in [-0.15, -0.1) is 0 Å². The zero-order chi connectivity index (χ0) is 15.7. The Hall–Kier alpha value is -2.37. The maximum absolute atomic E-state index is 12.1. The first kappa shape index (κ1) is 15.7. The van der Waals surface area contributed by atoms with Crippen LogP contribution in [-0.2, 0) is 10.0 Å². The Morgan fingerprint density at radius 1 is 1.35 bits per heavy atom. The fourth-order valence-corrected chi connectivity index (χ4v) is 1.68. The summed E-state index contributed by atoms with van der Waals surface area (Å²) in [6, 6.07) is 1.73. The van der Waals surface area contributed by atoms with Crippen molar-refractivity contribution >= 4 is 27.4 Å². The molecule has 0 atom stereocenters. The molecule has 0 aliphatic carbocycles. The number of hydrogen-bond acceptors (Lipinski definition) is 5. The van der Waals surface area contributed by atoms with Crippen molar-refractivity contribution in [2.45, 2.75) is 5.51 Å². The molecule has 8 nitrogen and oxygen atoms in total. The molecule has 1 rings (SSSR count). The van der Waals surface area contributed by atoms with Crippen LogP contribution in [0.3, 0.4) is 0 Å². The van der Waals surface area contributed by atoms with Gasteiger partial charge >= 0.3 is 21.5 Å². The molecule has 0 radical (unpaired) electrons. The van der Waals surface area contributed by atoms with E-state index in [1.54, 1.807) is 0 Å². The van der Waals surface area contributed by atoms with Crippen LogP contribution in [0.4, 0.5) is 24.5 Å². The number of nitrogens with zero attached hydrogens (tertiary/aromatic N) is 1. The van der Waals surface area contributed by atoms with Crippen LogP contribution in [0.15, 0.2) is 18.2 Å². The molecule has 110 valence electrons. The van der Waals surface area contributed by atoms with Crippen molar-refractivity contribution in [3.8, 4) is 0 Å². The predicted octanol–water partition coefficient (Wildman–Crippen LogP) is 1.55. The number of aromatic carboxylic acids is 1. The Morgan fingerprint density at radius 2 is 1.90 bits per heavy atom. The van der Waals surface area contributed by atoms with Gasteiger partial charge in [0.2, 0.25) is 0 Å². The fraction of sp³-hybridized carbons (Fsp3) is 0.125. The van der Waals surface area contributed by atoms with Crippen molar-refractivity contribution in [2.24, 2.45) is 0 Å². The highest BCUT2D eigenvalue weighted by atomic mass is 32.2. The summed E-state index contributed by atoms with van der Waals surface area (Å²) >= 11 is 0. The summed E-state index contributed by atoms with van der Waals surface area (Å²) in [4.78, 5) is 20.0. The number of nitro groups is 1. The number of carboxylic acids is 1. The smallest absolute Gasteiger partial charge is 0.478 e. The normalized spacial score (nSPS) is 11.9. The van der Waals surface area contributed by atoms with E-state index in [9.17, 15) is 36.5 Å². The van der Waals surface area contributed by atoms with Crippen LogP contribution in [0.25, 0.3) is 0 Å². The van der Waals surface area contributed by atoms with Crippen molar-refractivity contribution in [3.63, 3.8) is 0 Å². The highest BCUT2D eigenvalue weighted by Gasteiger charge is 2.46. The first-order chi connectivity index (χ1) is 8.95. The number of benzene rings is 1. The Morgan fingerprint density at radius 3 is 2.30 bits per heavy atom. The van der Waals surface area contributed by atoms with Crippen LogP contribution < -0.4 is 4.72 Å². The van der Waals surface area contributed by atoms with Crippen LogP contribution in [0.1, 0.15) is 10.4 Å². The van der Waals surface area contributed by atoms with Gasteiger partial charge in [0.05, 0.1) is 10.5 Å². The average Bonchev–Trinajstić information content (AvgIpc) is 2.26. The van der Waals surface area contributed by atoms with Gasteiger partial charge in [-0.3, -0.25) is 14.8 Å². The van der Waals surface area contributed by atoms with E-state index in [2.05, 4.69) is 0 Å². The molecule has 12 heteroatoms. The van der Waals surface area contributed by atoms with Gasteiger partial charge in [0.1, 0.15) is 5.69 Å². The third-order valence-electron chi connectivity index (χ3n) is 1.99. The fourth-order valence-electron chi connectivity index (χ4n) is 1.10. The number of rotatable bonds is 4. The van der Waals surface area contributed by atoms with Gasteiger partial charge in [-0.2, -0.15) is 21.6 Å². The van der Waals surface area contributed by atoms with E-state index in [-0.39, 0.29) is 0 Å². The summed E-state index contributed by atoms with van der Waals surface area (Å²) in [5, 5.41) is 19.2. The van der Waals surface area contributed by atoms with E-state index in [1.165, 1.54) is 0 Å². The lowest BCUT2D eigenvalue weighted by atomic mass is 10.2. The van der Waals surface area contributed by atoms with Crippen molar-refractivity contribution in [1.29, 1.82) is 0 Å². The summed E-state index contributed by atoms with van der Waals surface area (Å²) in [7, 11) is -5.84. The summed E-state index contributed by atoms with van der Waals surface area (Å²) in [6.45, 7) is 0. The number of anilines is 1. The van der Waals surface area contributed by atoms with Gasteiger partial charge < -0.3 is 5.11 Å². The minimum absolute atomic E-state index is 0.441. The quantitative estimate of drug-likeness (QED) is 0.641. The Balaban J connectivity index is 3.34. The molecule has 0 fully saturated rings. The molecule has 20 heavy (non-hydrogen) atoms. The molecule has 0 saturated heterocycles. The molecule has 0 saturated carbocycles. The van der Waals surface area contributed by atoms with Gasteiger partial charge in [0, 0.05) is 6.07 Å². The molecule has 0 spiro atoms. The highest BCUT2D eigenvalue weighted by molar-refractivity contribution is 7.93. The number of halogens is 3. The first-order valence-corrected chi connectivity index (χ1v) is 6.05. The topological polar surface area (TPSA) is 127 Å². The molecule has 0 aromatic heterocycles. The number of alkyl halides is 3. The van der Waals surface area contributed by atoms with Crippen molar-refractivity contribution in [3.05, 3.63) is 33.9 Å². The van der Waals surface area contributed by atoms with E-state index >= 15 is 0 Å². The lowest BCUT2D eigenvalue weighted by Crippen LogP contribution is -2.30. The molecule has 0 bridgehead atoms. The number of nitro benzene ring substituents is 1. The van der Waals surface area contributed by atoms with Crippen LogP contribution in [0.5, 0.6) is 0 Å². The van der Waals surface area contributed by atoms with Gasteiger partial charge in [0.25, 0.3) is 5.69 Å². The van der Waals surface area contributed by atoms with E-state index in [4.69, 9.17) is 5.11 Å². The maximum atomic E-state index is 12.1. The lowest BCUT2D eigenvalue weighted by Gasteiger charge is -2.10. The van der Waals surface area contributed by atoms with E-state index in [1.807, 2.05) is 0 Å². The minimum atomic E-state index is -5.84. The van der Waals surface area contributed by atoms with Gasteiger partial charge in [0.15, 0.2) is 0 Å². The van der Waals surface area contributed by atoms with Crippen molar-refractivity contribution in [2.75, 3.05) is 4.72 Å². The third kappa shape index (κ3) is 3.14. The summed E-state index contributed by atoms with van der Waals surface area (Å²) in [6.07, 6.45) is 0. The summed E-state index contributed by atoms with van der Waals surface area (Å²) < 4.78 is 59.1. The molecular weight excluding hydrogens is 309 g/mol. The number of nitrogens with one attached hydrogen (secondary N) is 1. The van der Waals surface area contributed by atoms with Crippen molar-refractivity contribution in [1.82, 2.24) is 0 Å². The zero-order valence-corrected chi connectivity index (χ0v) is 10.0. The molecule has 0 aliphatic heterocycles. The molecule has 1 aromatic carbocycles. The molecule has 0 aliphatic rings. The van der Waals surface area contributed by atoms with Crippen LogP contribution >= 0.6 is 0 Å². The third-order valence-corrected chi connectivity index (χ3v) is 3.09. The van der Waals surface area contributed by atoms with Gasteiger partial charge in [-0.05, 0) is 12.1 Å². The molecular formula is C8H5F3N2O6S. The largest absolute Gasteiger partial charge is 0.516 e. The molecule has 1 aromatic rings. The van der Waals surface area contributed by atoms with E-state index < -0.39 is 43.4 Å². The average molecular weight is 314 g/mol. The zero-order valence-electron chi connectivity index (χ0n) is 9.21. The molecule has 2 N–H and O–H groups in total. The van der Waals surface area contributed by atoms with Crippen LogP contribution in [0, 0.1) is 10.1 Å². The minimum Gasteiger partial charge on any atom is -0.478 e. The second-order valence-corrected chi connectivity index (χ2v) is 5.02. The number of hydrogen-bond donors (Lipinski definition) is 2.